The van der Waals surface area contributed by atoms with Crippen LogP contribution in [-0.4, -0.2) is 0 Å². The summed E-state index contributed by atoms with van der Waals surface area (Å²) in [6, 6.07) is 72.6. The van der Waals surface area contributed by atoms with Gasteiger partial charge in [0.05, 0.1) is 5.56 Å². The molecule has 14 rings (SSSR count). The SMILES string of the molecule is c1ccc(-c2ccc3oc4ccc(-c5ccc6oc7c(-c8ccccc8)c8oc9ccc(-c%10ccc%11oc%12ccc(-c%13ccccc%13)cc%12c%11c%10)cc9c8cc7c6c5)cc4c3c2)cc1. The van der Waals surface area contributed by atoms with Gasteiger partial charge in [-0.3, -0.25) is 0 Å². The van der Waals surface area contributed by atoms with Crippen molar-refractivity contribution in [3.8, 4) is 55.6 Å². The molecular weight excluding hydrogens is 785 g/mol. The zero-order chi connectivity index (χ0) is 41.9. The minimum atomic E-state index is 0.807. The smallest absolute Gasteiger partial charge is 0.147 e. The highest BCUT2D eigenvalue weighted by Crippen LogP contribution is 2.46. The maximum Gasteiger partial charge on any atom is 0.147 e. The van der Waals surface area contributed by atoms with E-state index >= 15 is 0 Å². The molecule has 0 aliphatic rings. The van der Waals surface area contributed by atoms with Crippen LogP contribution in [0, 0.1) is 0 Å². The minimum Gasteiger partial charge on any atom is -0.456 e. The first kappa shape index (κ1) is 35.0. The van der Waals surface area contributed by atoms with Gasteiger partial charge in [0, 0.05) is 43.1 Å². The molecule has 4 heterocycles. The molecule has 0 aliphatic carbocycles. The van der Waals surface area contributed by atoms with E-state index in [0.717, 1.165) is 132 Å². The second kappa shape index (κ2) is 13.4. The van der Waals surface area contributed by atoms with Gasteiger partial charge in [0.25, 0.3) is 0 Å². The Bertz CT molecular complexity index is 3920. The Morgan fingerprint density at radius 1 is 0.188 bits per heavy atom. The van der Waals surface area contributed by atoms with Crippen molar-refractivity contribution in [3.63, 3.8) is 0 Å². The van der Waals surface area contributed by atoms with Crippen molar-refractivity contribution >= 4 is 87.8 Å². The van der Waals surface area contributed by atoms with Crippen molar-refractivity contribution in [1.29, 1.82) is 0 Å². The molecule has 0 N–H and O–H groups in total. The maximum absolute atomic E-state index is 6.82. The molecule has 64 heavy (non-hydrogen) atoms. The first-order valence-corrected chi connectivity index (χ1v) is 21.6. The summed E-state index contributed by atoms with van der Waals surface area (Å²) >= 11 is 0. The van der Waals surface area contributed by atoms with Crippen LogP contribution >= 0.6 is 0 Å². The van der Waals surface area contributed by atoms with Crippen LogP contribution in [0.2, 0.25) is 0 Å². The van der Waals surface area contributed by atoms with Crippen molar-refractivity contribution in [3.05, 3.63) is 206 Å². The van der Waals surface area contributed by atoms with Crippen LogP contribution in [-0.2, 0) is 0 Å². The Morgan fingerprint density at radius 3 is 0.781 bits per heavy atom. The van der Waals surface area contributed by atoms with Crippen LogP contribution in [0.5, 0.6) is 0 Å². The van der Waals surface area contributed by atoms with E-state index in [1.165, 1.54) is 11.1 Å². The summed E-state index contributed by atoms with van der Waals surface area (Å²) in [5, 5.41) is 8.56. The molecule has 0 saturated heterocycles. The van der Waals surface area contributed by atoms with Crippen molar-refractivity contribution in [1.82, 2.24) is 0 Å². The lowest BCUT2D eigenvalue weighted by Gasteiger charge is -2.05. The number of hydrogen-bond donors (Lipinski definition) is 0. The molecule has 0 saturated carbocycles. The maximum atomic E-state index is 6.82. The molecule has 4 aromatic heterocycles. The van der Waals surface area contributed by atoms with Crippen molar-refractivity contribution in [2.75, 3.05) is 0 Å². The number of benzene rings is 10. The Hall–Kier alpha value is -8.60. The highest BCUT2D eigenvalue weighted by molar-refractivity contribution is 6.23. The van der Waals surface area contributed by atoms with Crippen LogP contribution in [0.25, 0.3) is 143 Å². The topological polar surface area (TPSA) is 52.6 Å². The van der Waals surface area contributed by atoms with E-state index in [4.69, 9.17) is 17.7 Å². The highest BCUT2D eigenvalue weighted by atomic mass is 16.3. The van der Waals surface area contributed by atoms with Crippen molar-refractivity contribution < 1.29 is 17.7 Å². The summed E-state index contributed by atoms with van der Waals surface area (Å²) in [6.07, 6.45) is 0. The standard InChI is InChI=1S/C60H34O4/c1-4-10-35(11-5-1)38-16-22-52-44(28-38)46-30-40(18-24-54(46)61-52)42-20-26-56-48(32-42)50-34-51-49-33-43(21-27-57(49)64-60(51)58(59(50)63-56)37-14-8-3-9-15-37)41-19-25-55-47(31-41)45-29-39(17-23-53(45)62-55)36-12-6-2-7-13-36/h1-34H. The summed E-state index contributed by atoms with van der Waals surface area (Å²) in [5.74, 6) is 0. The number of rotatable bonds is 5. The first-order chi connectivity index (χ1) is 31.7. The lowest BCUT2D eigenvalue weighted by atomic mass is 9.96. The van der Waals surface area contributed by atoms with Gasteiger partial charge in [-0.15, -0.1) is 0 Å². The van der Waals surface area contributed by atoms with E-state index in [2.05, 4.69) is 188 Å². The van der Waals surface area contributed by atoms with Gasteiger partial charge in [0.1, 0.15) is 44.7 Å². The van der Waals surface area contributed by atoms with Crippen LogP contribution < -0.4 is 0 Å². The Morgan fingerprint density at radius 2 is 0.453 bits per heavy atom. The Kier molecular flexibility index (Phi) is 7.36. The summed E-state index contributed by atoms with van der Waals surface area (Å²) in [6.45, 7) is 0. The second-order valence-electron chi connectivity index (χ2n) is 16.8. The largest absolute Gasteiger partial charge is 0.456 e. The molecule has 4 nitrogen and oxygen atoms in total. The van der Waals surface area contributed by atoms with E-state index in [9.17, 15) is 0 Å². The predicted octanol–water partition coefficient (Wildman–Crippen LogP) is 17.6. The molecule has 0 unspecified atom stereocenters. The lowest BCUT2D eigenvalue weighted by molar-refractivity contribution is 0.658. The van der Waals surface area contributed by atoms with Gasteiger partial charge in [-0.1, -0.05) is 127 Å². The monoisotopic (exact) mass is 818 g/mol. The molecule has 0 aliphatic heterocycles. The zero-order valence-corrected chi connectivity index (χ0v) is 34.3. The van der Waals surface area contributed by atoms with Gasteiger partial charge in [-0.05, 0) is 129 Å². The summed E-state index contributed by atoms with van der Waals surface area (Å²) in [5.41, 5.74) is 17.9. The van der Waals surface area contributed by atoms with Crippen LogP contribution in [0.3, 0.4) is 0 Å². The fourth-order valence-corrected chi connectivity index (χ4v) is 9.90. The van der Waals surface area contributed by atoms with E-state index < -0.39 is 0 Å². The summed E-state index contributed by atoms with van der Waals surface area (Å²) in [7, 11) is 0. The average Bonchev–Trinajstić information content (AvgIpc) is 4.13. The normalized spacial score (nSPS) is 12.1. The predicted molar refractivity (Wildman–Crippen MR) is 263 cm³/mol. The van der Waals surface area contributed by atoms with E-state index in [0.29, 0.717) is 0 Å². The van der Waals surface area contributed by atoms with Gasteiger partial charge < -0.3 is 17.7 Å². The third-order valence-corrected chi connectivity index (χ3v) is 13.1. The van der Waals surface area contributed by atoms with Gasteiger partial charge in [-0.2, -0.15) is 0 Å². The van der Waals surface area contributed by atoms with Crippen LogP contribution in [0.1, 0.15) is 0 Å². The van der Waals surface area contributed by atoms with Crippen molar-refractivity contribution in [2.45, 2.75) is 0 Å². The molecule has 298 valence electrons. The van der Waals surface area contributed by atoms with Gasteiger partial charge >= 0.3 is 0 Å². The molecule has 0 amide bonds. The van der Waals surface area contributed by atoms with Gasteiger partial charge in [-0.25, -0.2) is 0 Å². The first-order valence-electron chi connectivity index (χ1n) is 21.6. The van der Waals surface area contributed by atoms with Crippen molar-refractivity contribution in [2.24, 2.45) is 0 Å². The highest BCUT2D eigenvalue weighted by Gasteiger charge is 2.22. The van der Waals surface area contributed by atoms with Crippen LogP contribution in [0.4, 0.5) is 0 Å². The molecule has 0 bridgehead atoms. The number of fused-ring (bicyclic) bond motifs is 12. The Balaban J connectivity index is 0.933. The molecule has 0 spiro atoms. The third-order valence-electron chi connectivity index (χ3n) is 13.1. The van der Waals surface area contributed by atoms with Crippen LogP contribution in [0.15, 0.2) is 224 Å². The van der Waals surface area contributed by atoms with E-state index in [1.54, 1.807) is 0 Å². The minimum absolute atomic E-state index is 0.807. The van der Waals surface area contributed by atoms with E-state index in [1.807, 2.05) is 18.2 Å². The number of hydrogen-bond acceptors (Lipinski definition) is 4. The third kappa shape index (κ3) is 5.36. The molecule has 0 atom stereocenters. The fourth-order valence-electron chi connectivity index (χ4n) is 9.90. The summed E-state index contributed by atoms with van der Waals surface area (Å²) < 4.78 is 26.3. The lowest BCUT2D eigenvalue weighted by Crippen LogP contribution is -1.81. The number of furan rings is 4. The second-order valence-corrected chi connectivity index (χ2v) is 16.8. The molecule has 0 radical (unpaired) electrons. The quantitative estimate of drug-likeness (QED) is 0.174. The fraction of sp³-hybridized carbons (Fsp3) is 0. The molecule has 14 aromatic rings. The molecule has 10 aromatic carbocycles. The zero-order valence-electron chi connectivity index (χ0n) is 34.3. The Labute approximate surface area is 365 Å². The average molecular weight is 819 g/mol. The molecular formula is C60H34O4. The molecule has 4 heteroatoms. The van der Waals surface area contributed by atoms with E-state index in [-0.39, 0.29) is 0 Å². The molecule has 0 fully saturated rings. The van der Waals surface area contributed by atoms with Gasteiger partial charge in [0.15, 0.2) is 0 Å². The van der Waals surface area contributed by atoms with Gasteiger partial charge in [0.2, 0.25) is 0 Å². The summed E-state index contributed by atoms with van der Waals surface area (Å²) in [4.78, 5) is 0.